The highest BCUT2D eigenvalue weighted by Crippen LogP contribution is 2.32. The molecule has 0 spiro atoms. The van der Waals surface area contributed by atoms with Crippen LogP contribution >= 0.6 is 0 Å². The Morgan fingerprint density at radius 1 is 1.30 bits per heavy atom. The molecule has 0 aromatic carbocycles. The molecule has 0 radical (unpaired) electrons. The van der Waals surface area contributed by atoms with Crippen LogP contribution in [0.4, 0.5) is 0 Å². The minimum Gasteiger partial charge on any atom is -0.316 e. The van der Waals surface area contributed by atoms with E-state index in [-0.39, 0.29) is 0 Å². The Morgan fingerprint density at radius 3 is 2.80 bits per heavy atom. The van der Waals surface area contributed by atoms with Crippen molar-refractivity contribution in [2.75, 3.05) is 13.1 Å². The number of nitrogens with zero attached hydrogens (tertiary/aromatic N) is 3. The van der Waals surface area contributed by atoms with Crippen LogP contribution in [0.1, 0.15) is 58.2 Å². The van der Waals surface area contributed by atoms with Crippen LogP contribution in [-0.4, -0.2) is 27.9 Å². The Labute approximate surface area is 123 Å². The quantitative estimate of drug-likeness (QED) is 0.706. The Morgan fingerprint density at radius 2 is 2.10 bits per heavy atom. The summed E-state index contributed by atoms with van der Waals surface area (Å²) in [6.45, 7) is 7.69. The maximum Gasteiger partial charge on any atom is 0.138 e. The maximum atomic E-state index is 4.50. The summed E-state index contributed by atoms with van der Waals surface area (Å²) in [7, 11) is 0. The molecule has 114 valence electrons. The third-order valence-corrected chi connectivity index (χ3v) is 4.48. The monoisotopic (exact) mass is 278 g/mol. The molecule has 1 unspecified atom stereocenters. The summed E-state index contributed by atoms with van der Waals surface area (Å²) in [5.74, 6) is 2.79. The van der Waals surface area contributed by atoms with Gasteiger partial charge in [-0.3, -0.25) is 4.68 Å². The van der Waals surface area contributed by atoms with Gasteiger partial charge in [-0.1, -0.05) is 39.5 Å². The van der Waals surface area contributed by atoms with Gasteiger partial charge in [0.2, 0.25) is 0 Å². The molecule has 1 heterocycles. The van der Waals surface area contributed by atoms with E-state index in [0.29, 0.717) is 0 Å². The first-order chi connectivity index (χ1) is 9.85. The fourth-order valence-electron chi connectivity index (χ4n) is 3.38. The first-order valence-electron chi connectivity index (χ1n) is 8.42. The molecule has 1 aromatic heterocycles. The molecular weight excluding hydrogens is 248 g/mol. The third kappa shape index (κ3) is 4.30. The van der Waals surface area contributed by atoms with Crippen molar-refractivity contribution in [1.29, 1.82) is 0 Å². The predicted molar refractivity (Wildman–Crippen MR) is 82.6 cm³/mol. The summed E-state index contributed by atoms with van der Waals surface area (Å²) in [5.41, 5.74) is 0. The third-order valence-electron chi connectivity index (χ3n) is 4.48. The van der Waals surface area contributed by atoms with Gasteiger partial charge in [0.25, 0.3) is 0 Å². The predicted octanol–water partition coefficient (Wildman–Crippen LogP) is 3.04. The molecule has 2 rings (SSSR count). The van der Waals surface area contributed by atoms with Crippen molar-refractivity contribution >= 4 is 0 Å². The first-order valence-corrected chi connectivity index (χ1v) is 8.42. The summed E-state index contributed by atoms with van der Waals surface area (Å²) < 4.78 is 2.10. The van der Waals surface area contributed by atoms with Gasteiger partial charge in [0.05, 0.1) is 0 Å². The van der Waals surface area contributed by atoms with Crippen molar-refractivity contribution < 1.29 is 0 Å². The summed E-state index contributed by atoms with van der Waals surface area (Å²) >= 11 is 0. The van der Waals surface area contributed by atoms with E-state index in [0.717, 1.165) is 44.3 Å². The second kappa shape index (κ2) is 8.40. The molecular formula is C16H30N4. The largest absolute Gasteiger partial charge is 0.316 e. The Kier molecular flexibility index (Phi) is 6.51. The van der Waals surface area contributed by atoms with E-state index in [2.05, 4.69) is 33.9 Å². The Balaban J connectivity index is 1.96. The molecule has 1 aliphatic carbocycles. The number of hydrogen-bond donors (Lipinski definition) is 1. The molecule has 4 nitrogen and oxygen atoms in total. The van der Waals surface area contributed by atoms with Gasteiger partial charge in [-0.15, -0.1) is 0 Å². The van der Waals surface area contributed by atoms with Crippen molar-refractivity contribution in [2.45, 2.75) is 65.3 Å². The fourth-order valence-corrected chi connectivity index (χ4v) is 3.38. The van der Waals surface area contributed by atoms with E-state index >= 15 is 0 Å². The van der Waals surface area contributed by atoms with Crippen LogP contribution in [0.15, 0.2) is 6.33 Å². The Bertz CT molecular complexity index is 368. The topological polar surface area (TPSA) is 42.7 Å². The molecule has 0 aliphatic heterocycles. The molecule has 0 amide bonds. The van der Waals surface area contributed by atoms with Crippen molar-refractivity contribution in [2.24, 2.45) is 11.8 Å². The number of aromatic nitrogens is 3. The molecule has 20 heavy (non-hydrogen) atoms. The van der Waals surface area contributed by atoms with Gasteiger partial charge in [0.15, 0.2) is 0 Å². The summed E-state index contributed by atoms with van der Waals surface area (Å²) in [4.78, 5) is 4.50. The van der Waals surface area contributed by atoms with Crippen LogP contribution in [0.5, 0.6) is 0 Å². The molecule has 1 saturated carbocycles. The summed E-state index contributed by atoms with van der Waals surface area (Å²) in [5, 5.41) is 7.99. The number of rotatable bonds is 9. The number of nitrogens with one attached hydrogen (secondary N) is 1. The average Bonchev–Trinajstić information content (AvgIpc) is 3.10. The number of hydrogen-bond acceptors (Lipinski definition) is 3. The van der Waals surface area contributed by atoms with E-state index in [9.17, 15) is 0 Å². The van der Waals surface area contributed by atoms with E-state index in [1.807, 2.05) is 0 Å². The fraction of sp³-hybridized carbons (Fsp3) is 0.875. The van der Waals surface area contributed by atoms with Crippen molar-refractivity contribution in [1.82, 2.24) is 20.1 Å². The summed E-state index contributed by atoms with van der Waals surface area (Å²) in [6.07, 6.45) is 10.8. The van der Waals surface area contributed by atoms with Gasteiger partial charge >= 0.3 is 0 Å². The van der Waals surface area contributed by atoms with Crippen molar-refractivity contribution in [3.8, 4) is 0 Å². The first kappa shape index (κ1) is 15.5. The lowest BCUT2D eigenvalue weighted by Gasteiger charge is -2.23. The van der Waals surface area contributed by atoms with Gasteiger partial charge in [0, 0.05) is 13.0 Å². The van der Waals surface area contributed by atoms with Crippen LogP contribution in [0, 0.1) is 11.8 Å². The summed E-state index contributed by atoms with van der Waals surface area (Å²) in [6, 6.07) is 0. The normalized spacial score (nSPS) is 17.7. The van der Waals surface area contributed by atoms with Crippen LogP contribution in [0.2, 0.25) is 0 Å². The zero-order valence-corrected chi connectivity index (χ0v) is 13.1. The molecule has 0 saturated heterocycles. The minimum atomic E-state index is 0.726. The zero-order valence-electron chi connectivity index (χ0n) is 13.1. The van der Waals surface area contributed by atoms with Crippen molar-refractivity contribution in [3.63, 3.8) is 0 Å². The van der Waals surface area contributed by atoms with Crippen LogP contribution < -0.4 is 5.32 Å². The lowest BCUT2D eigenvalue weighted by molar-refractivity contribution is 0.311. The highest BCUT2D eigenvalue weighted by Gasteiger charge is 2.26. The van der Waals surface area contributed by atoms with Gasteiger partial charge in [-0.25, -0.2) is 4.98 Å². The van der Waals surface area contributed by atoms with Crippen LogP contribution in [0.25, 0.3) is 0 Å². The molecule has 1 fully saturated rings. The van der Waals surface area contributed by atoms with Gasteiger partial charge in [-0.2, -0.15) is 5.10 Å². The van der Waals surface area contributed by atoms with Crippen LogP contribution in [0.3, 0.4) is 0 Å². The van der Waals surface area contributed by atoms with Gasteiger partial charge in [0.1, 0.15) is 12.2 Å². The molecule has 4 heteroatoms. The van der Waals surface area contributed by atoms with E-state index < -0.39 is 0 Å². The van der Waals surface area contributed by atoms with Gasteiger partial charge in [-0.05, 0) is 37.8 Å². The lowest BCUT2D eigenvalue weighted by Crippen LogP contribution is -2.30. The SMILES string of the molecule is CCCNCC(Cc1ncnn1CCC)C1CCCC1. The highest BCUT2D eigenvalue weighted by molar-refractivity contribution is 4.91. The molecule has 1 N–H and O–H groups in total. The van der Waals surface area contributed by atoms with E-state index in [1.54, 1.807) is 6.33 Å². The molecule has 0 bridgehead atoms. The smallest absolute Gasteiger partial charge is 0.138 e. The highest BCUT2D eigenvalue weighted by atomic mass is 15.3. The standard InChI is InChI=1S/C16H30N4/c1-3-9-17-12-15(14-7-5-6-8-14)11-16-18-13-19-20(16)10-4-2/h13-15,17H,3-12H2,1-2H3. The number of aryl methyl sites for hydroxylation is 1. The molecule has 1 aromatic rings. The average molecular weight is 278 g/mol. The lowest BCUT2D eigenvalue weighted by atomic mass is 9.87. The van der Waals surface area contributed by atoms with E-state index in [1.165, 1.54) is 37.9 Å². The zero-order chi connectivity index (χ0) is 14.2. The second-order valence-electron chi connectivity index (χ2n) is 6.11. The second-order valence-corrected chi connectivity index (χ2v) is 6.11. The van der Waals surface area contributed by atoms with Crippen LogP contribution in [-0.2, 0) is 13.0 Å². The Hall–Kier alpha value is -0.900. The molecule has 1 atom stereocenters. The maximum absolute atomic E-state index is 4.50. The molecule has 1 aliphatic rings. The minimum absolute atomic E-state index is 0.726. The van der Waals surface area contributed by atoms with E-state index in [4.69, 9.17) is 0 Å². The van der Waals surface area contributed by atoms with Gasteiger partial charge < -0.3 is 5.32 Å². The van der Waals surface area contributed by atoms with Crippen molar-refractivity contribution in [3.05, 3.63) is 12.2 Å².